The molecule has 12 N–H and O–H groups in total. The molecule has 30 heteroatoms. The zero-order chi connectivity index (χ0) is 96.4. The fourth-order valence-corrected chi connectivity index (χ4v) is 16.8. The van der Waals surface area contributed by atoms with Gasteiger partial charge in [-0.05, 0) is 263 Å². The van der Waals surface area contributed by atoms with Crippen molar-refractivity contribution in [2.45, 2.75) is 89.6 Å². The molecule has 6 aliphatic rings. The van der Waals surface area contributed by atoms with E-state index >= 15 is 0 Å². The molecule has 6 aliphatic heterocycles. The van der Waals surface area contributed by atoms with E-state index in [0.717, 1.165) is 84.7 Å². The lowest BCUT2D eigenvalue weighted by atomic mass is 9.94. The van der Waals surface area contributed by atoms with E-state index in [1.807, 2.05) is 209 Å². The van der Waals surface area contributed by atoms with Gasteiger partial charge in [0.1, 0.15) is 17.5 Å². The minimum absolute atomic E-state index is 0.0832. The molecule has 6 heterocycles. The highest BCUT2D eigenvalue weighted by Gasteiger charge is 2.49. The Hall–Kier alpha value is -15.4. The van der Waals surface area contributed by atoms with Crippen molar-refractivity contribution >= 4 is 122 Å². The van der Waals surface area contributed by atoms with Crippen LogP contribution in [0.25, 0.3) is 0 Å². The third-order valence-corrected chi connectivity index (χ3v) is 24.3. The van der Waals surface area contributed by atoms with Gasteiger partial charge >= 0.3 is 18.1 Å². The van der Waals surface area contributed by atoms with Gasteiger partial charge in [-0.1, -0.05) is 123 Å². The largest absolute Gasteiger partial charge is 0.340 e. The number of carbonyl (C=O) groups excluding carboxylic acids is 9. The van der Waals surface area contributed by atoms with E-state index in [1.165, 1.54) is 12.2 Å². The Morgan fingerprint density at radius 2 is 0.630 bits per heavy atom. The zero-order valence-corrected chi connectivity index (χ0v) is 78.6. The summed E-state index contributed by atoms with van der Waals surface area (Å²) in [7, 11) is 12.0. The fourth-order valence-electron chi connectivity index (χ4n) is 16.8. The normalized spacial score (nSPS) is 15.7. The van der Waals surface area contributed by atoms with Crippen molar-refractivity contribution in [3.05, 3.63) is 329 Å². The number of likely N-dealkylation sites (N-methyl/N-ethyl adjacent to an activating group) is 3. The number of amidine groups is 3. The van der Waals surface area contributed by atoms with Crippen molar-refractivity contribution in [1.29, 1.82) is 0 Å². The first-order valence-corrected chi connectivity index (χ1v) is 44.8. The van der Waals surface area contributed by atoms with Crippen LogP contribution < -0.4 is 63.8 Å². The number of hydrogen-bond acceptors (Lipinski definition) is 18. The van der Waals surface area contributed by atoms with E-state index in [2.05, 4.69) is 133 Å². The number of hydrogen-bond donors (Lipinski definition) is 12. The fraction of sp³-hybridized carbons (Fsp3) is 0.276. The number of benzene rings is 9. The first-order chi connectivity index (χ1) is 64.6. The lowest BCUT2D eigenvalue weighted by Crippen LogP contribution is -2.52. The van der Waals surface area contributed by atoms with Crippen LogP contribution in [0.5, 0.6) is 0 Å². The van der Waals surface area contributed by atoms with Crippen molar-refractivity contribution in [2.75, 3.05) is 149 Å². The monoisotopic (exact) mass is 1820 g/mol. The summed E-state index contributed by atoms with van der Waals surface area (Å²) in [5.41, 5.74) is 15.5. The maximum absolute atomic E-state index is 13.7. The second kappa shape index (κ2) is 43.3. The Bertz CT molecular complexity index is 6110. The summed E-state index contributed by atoms with van der Waals surface area (Å²) in [5, 5.41) is 36.9. The van der Waals surface area contributed by atoms with Crippen molar-refractivity contribution in [3.63, 3.8) is 0 Å². The second-order valence-corrected chi connectivity index (χ2v) is 35.8. The van der Waals surface area contributed by atoms with Crippen LogP contribution in [0.3, 0.4) is 0 Å². The summed E-state index contributed by atoms with van der Waals surface area (Å²) in [6, 6.07) is 71.6. The summed E-state index contributed by atoms with van der Waals surface area (Å²) < 4.78 is 0. The molecule has 30 nitrogen and oxygen atoms in total. The van der Waals surface area contributed by atoms with E-state index in [-0.39, 0.29) is 71.7 Å². The molecule has 0 aliphatic carbocycles. The highest BCUT2D eigenvalue weighted by molar-refractivity contribution is 6.15. The molecule has 0 aromatic heterocycles. The van der Waals surface area contributed by atoms with Crippen LogP contribution in [0.4, 0.5) is 65.6 Å². The van der Waals surface area contributed by atoms with Crippen LogP contribution in [-0.4, -0.2) is 218 Å². The average molecular weight is 1820 g/mol. The predicted molar refractivity (Wildman–Crippen MR) is 539 cm³/mol. The van der Waals surface area contributed by atoms with Crippen molar-refractivity contribution in [3.8, 4) is 0 Å². The summed E-state index contributed by atoms with van der Waals surface area (Å²) in [6.45, 7) is 26.0. The number of carbonyl (C=O) groups is 9. The molecular formula is C105H119N21O9. The van der Waals surface area contributed by atoms with Crippen molar-refractivity contribution in [2.24, 2.45) is 15.0 Å². The Balaban J connectivity index is 0.000000171. The van der Waals surface area contributed by atoms with Crippen LogP contribution in [0.1, 0.15) is 121 Å². The molecule has 12 amide bonds. The molecule has 0 radical (unpaired) electrons. The number of nitrogens with zero attached hydrogens (tertiary/aromatic N) is 9. The summed E-state index contributed by atoms with van der Waals surface area (Å²) in [6.07, 6.45) is 2.74. The van der Waals surface area contributed by atoms with E-state index in [1.54, 1.807) is 91.9 Å². The van der Waals surface area contributed by atoms with E-state index in [9.17, 15) is 43.2 Å². The molecule has 3 atom stereocenters. The van der Waals surface area contributed by atoms with Crippen LogP contribution >= 0.6 is 0 Å². The molecule has 0 fully saturated rings. The van der Waals surface area contributed by atoms with E-state index < -0.39 is 16.6 Å². The molecule has 135 heavy (non-hydrogen) atoms. The number of anilines is 9. The number of urea groups is 3. The molecule has 15 rings (SSSR count). The third kappa shape index (κ3) is 24.3. The number of nitrogens with one attached hydrogen (secondary N) is 12. The summed E-state index contributed by atoms with van der Waals surface area (Å²) >= 11 is 0. The van der Waals surface area contributed by atoms with Gasteiger partial charge in [-0.2, -0.15) is 0 Å². The lowest BCUT2D eigenvalue weighted by Gasteiger charge is -2.36. The number of aliphatic imine (C=N–C) groups is 3. The molecule has 698 valence electrons. The van der Waals surface area contributed by atoms with Gasteiger partial charge in [0.25, 0.3) is 17.7 Å². The van der Waals surface area contributed by atoms with Crippen LogP contribution in [-0.2, 0) is 14.4 Å². The van der Waals surface area contributed by atoms with Crippen LogP contribution in [0.2, 0.25) is 0 Å². The topological polar surface area (TPSA) is 355 Å². The average Bonchev–Trinajstić information content (AvgIpc) is 1.60. The summed E-state index contributed by atoms with van der Waals surface area (Å²) in [4.78, 5) is 140. The molecule has 0 unspecified atom stereocenters. The highest BCUT2D eigenvalue weighted by atomic mass is 16.2. The standard InChI is InChI=1S/C35H41N7O3.2C35H39N7O3/c1-6-31(43)37-25-17-15-24(16-18-25)33(44)39-27-14-10-13-26(19-27)38-32-28-21-42(35(2,3)29(28)20-36-32)34(45)40-30(22-41(4)5)23-11-8-7-9-12-23;1-6-31(43)37-27-14-10-13-24(19-27)33(44)39-26-17-15-25(16-18-26)38-32-28-21-42(35(2,3)29(28)20-36-32)34(45)40-30(22-41(4)5)23-11-8-7-9-12-23;1-6-31(43)37-25-14-12-24(13-15-25)33(44)39-27-18-16-26(17-19-27)38-32-28-21-42(35(2,3)29(28)20-36-32)34(45)40-30(22-41(4)5)23-10-8-7-9-11-23/h7-19,30H,6,20-22H2,1-5H3,(H,36,38)(H,37,43)(H,39,44)(H,40,45);2*6-19,30H,1,20-22H2,2-5H3,(H,36,38)(H,37,43)(H,39,44)(H,40,45)/t3*30-/m111/s1. The van der Waals surface area contributed by atoms with Gasteiger partial charge in [0.2, 0.25) is 17.7 Å². The van der Waals surface area contributed by atoms with Crippen LogP contribution in [0.15, 0.2) is 310 Å². The maximum atomic E-state index is 13.7. The van der Waals surface area contributed by atoms with Crippen molar-refractivity contribution in [1.82, 2.24) is 45.3 Å². The van der Waals surface area contributed by atoms with Crippen LogP contribution in [0, 0.1) is 0 Å². The van der Waals surface area contributed by atoms with Gasteiger partial charge in [-0.25, -0.2) is 14.4 Å². The first kappa shape index (κ1) is 97.1. The molecule has 0 saturated heterocycles. The predicted octanol–water partition coefficient (Wildman–Crippen LogP) is 16.1. The molecule has 9 aromatic carbocycles. The molecule has 9 aromatic rings. The number of amides is 12. The third-order valence-electron chi connectivity index (χ3n) is 24.3. The Morgan fingerprint density at radius 3 is 0.978 bits per heavy atom. The number of rotatable bonds is 27. The van der Waals surface area contributed by atoms with Gasteiger partial charge < -0.3 is 93.2 Å². The summed E-state index contributed by atoms with van der Waals surface area (Å²) in [5.74, 6) is 0.660. The van der Waals surface area contributed by atoms with Crippen molar-refractivity contribution < 1.29 is 43.2 Å². The lowest BCUT2D eigenvalue weighted by molar-refractivity contribution is -0.116. The van der Waals surface area contributed by atoms with Gasteiger partial charge in [-0.3, -0.25) is 43.7 Å². The van der Waals surface area contributed by atoms with E-state index in [4.69, 9.17) is 15.0 Å². The zero-order valence-electron chi connectivity index (χ0n) is 78.6. The highest BCUT2D eigenvalue weighted by Crippen LogP contribution is 2.43. The SMILES string of the molecule is C=CC(=O)Nc1ccc(C(=O)Nc2ccc(NC3=NCC4=C3CN(C(=O)N[C@H](CN(C)C)c3ccccc3)C4(C)C)cc2)cc1.C=CC(=O)Nc1cccc(C(=O)Nc2ccc(NC3=NCC4=C3CN(C(=O)N[C@H](CN(C)C)c3ccccc3)C4(C)C)cc2)c1.CCC(=O)Nc1ccc(C(=O)Nc2cccc(NC3=NCC4=C3CN(C(=O)N[C@H](CN(C)C)c3ccccc3)C4(C)C)c2)cc1. The molecule has 0 saturated carbocycles. The van der Waals surface area contributed by atoms with Gasteiger partial charge in [0.05, 0.1) is 74.0 Å². The smallest absolute Gasteiger partial charge is 0.318 e. The van der Waals surface area contributed by atoms with Gasteiger partial charge in [0, 0.05) is 111 Å². The minimum atomic E-state index is -0.504. The minimum Gasteiger partial charge on any atom is -0.340 e. The van der Waals surface area contributed by atoms with Gasteiger partial charge in [0.15, 0.2) is 0 Å². The molecular weight excluding hydrogens is 1700 g/mol. The van der Waals surface area contributed by atoms with Gasteiger partial charge in [-0.15, -0.1) is 0 Å². The second-order valence-electron chi connectivity index (χ2n) is 35.8. The van der Waals surface area contributed by atoms with E-state index in [0.29, 0.717) is 116 Å². The molecule has 0 bridgehead atoms. The maximum Gasteiger partial charge on any atom is 0.318 e. The molecule has 0 spiro atoms. The quantitative estimate of drug-likeness (QED) is 0.0213. The Kier molecular flexibility index (Phi) is 31.2. The first-order valence-electron chi connectivity index (χ1n) is 44.8. The Labute approximate surface area is 788 Å². The Morgan fingerprint density at radius 1 is 0.341 bits per heavy atom.